The van der Waals surface area contributed by atoms with Crippen LogP contribution in [-0.4, -0.2) is 37.1 Å². The average Bonchev–Trinajstić information content (AvgIpc) is 3.23. The van der Waals surface area contributed by atoms with E-state index in [2.05, 4.69) is 6.07 Å². The molecular weight excluding hydrogens is 340 g/mol. The smallest absolute Gasteiger partial charge is 0.253 e. The predicted octanol–water partition coefficient (Wildman–Crippen LogP) is 3.64. The molecule has 1 amide bonds. The second kappa shape index (κ2) is 9.20. The van der Waals surface area contributed by atoms with Crippen molar-refractivity contribution in [2.24, 2.45) is 5.92 Å². The van der Waals surface area contributed by atoms with E-state index in [0.29, 0.717) is 29.3 Å². The summed E-state index contributed by atoms with van der Waals surface area (Å²) >= 11 is 0. The van der Waals surface area contributed by atoms with E-state index < -0.39 is 0 Å². The number of carbonyl (C=O) groups excluding carboxylic acids is 1. The molecule has 1 atom stereocenters. The Morgan fingerprint density at radius 2 is 2.15 bits per heavy atom. The van der Waals surface area contributed by atoms with E-state index in [9.17, 15) is 10.1 Å². The number of amides is 1. The number of hydrogen-bond acceptors (Lipinski definition) is 4. The largest absolute Gasteiger partial charge is 0.489 e. The van der Waals surface area contributed by atoms with Gasteiger partial charge in [-0.2, -0.15) is 5.26 Å². The Morgan fingerprint density at radius 3 is 2.89 bits per heavy atom. The summed E-state index contributed by atoms with van der Waals surface area (Å²) in [6.07, 6.45) is 1.01. The van der Waals surface area contributed by atoms with Gasteiger partial charge in [-0.1, -0.05) is 24.3 Å². The number of hydrogen-bond donors (Lipinski definition) is 0. The maximum Gasteiger partial charge on any atom is 0.253 e. The first-order valence-corrected chi connectivity index (χ1v) is 9.29. The maximum atomic E-state index is 12.9. The van der Waals surface area contributed by atoms with Crippen LogP contribution in [0.3, 0.4) is 0 Å². The third-order valence-corrected chi connectivity index (χ3v) is 4.78. The lowest BCUT2D eigenvalue weighted by atomic mass is 10.1. The van der Waals surface area contributed by atoms with Crippen molar-refractivity contribution >= 4 is 5.91 Å². The number of nitriles is 1. The molecule has 0 radical (unpaired) electrons. The van der Waals surface area contributed by atoms with E-state index in [1.54, 1.807) is 12.1 Å². The Bertz CT molecular complexity index is 822. The highest BCUT2D eigenvalue weighted by atomic mass is 16.5. The van der Waals surface area contributed by atoms with Crippen LogP contribution < -0.4 is 4.74 Å². The second-order valence-corrected chi connectivity index (χ2v) is 6.66. The molecule has 1 heterocycles. The molecular formula is C22H24N2O3. The highest BCUT2D eigenvalue weighted by Gasteiger charge is 2.22. The number of benzene rings is 2. The first-order chi connectivity index (χ1) is 13.2. The van der Waals surface area contributed by atoms with E-state index >= 15 is 0 Å². The van der Waals surface area contributed by atoms with Gasteiger partial charge in [0.05, 0.1) is 18.2 Å². The maximum absolute atomic E-state index is 12.9. The molecule has 0 aromatic heterocycles. The Kier molecular flexibility index (Phi) is 6.45. The van der Waals surface area contributed by atoms with E-state index in [1.807, 2.05) is 48.2 Å². The summed E-state index contributed by atoms with van der Waals surface area (Å²) in [7, 11) is 0. The van der Waals surface area contributed by atoms with E-state index in [-0.39, 0.29) is 12.5 Å². The minimum atomic E-state index is 0.00674. The Morgan fingerprint density at radius 1 is 1.30 bits per heavy atom. The van der Waals surface area contributed by atoms with Gasteiger partial charge in [-0.05, 0) is 37.6 Å². The first kappa shape index (κ1) is 18.9. The SMILES string of the molecule is CCN(C[C@@H]1CCOC1)C(=O)c1cccc(OCc2ccccc2C#N)c1. The zero-order valence-corrected chi connectivity index (χ0v) is 15.6. The molecule has 5 heteroatoms. The number of ether oxygens (including phenoxy) is 2. The molecule has 2 aromatic rings. The fourth-order valence-corrected chi connectivity index (χ4v) is 3.21. The molecule has 0 bridgehead atoms. The molecule has 5 nitrogen and oxygen atoms in total. The van der Waals surface area contributed by atoms with Gasteiger partial charge in [0.1, 0.15) is 12.4 Å². The van der Waals surface area contributed by atoms with Crippen LogP contribution in [0.4, 0.5) is 0 Å². The molecule has 1 fully saturated rings. The quantitative estimate of drug-likeness (QED) is 0.752. The number of rotatable bonds is 7. The van der Waals surface area contributed by atoms with E-state index in [0.717, 1.165) is 31.7 Å². The molecule has 1 aliphatic heterocycles. The third kappa shape index (κ3) is 4.87. The highest BCUT2D eigenvalue weighted by Crippen LogP contribution is 2.20. The fraction of sp³-hybridized carbons (Fsp3) is 0.364. The van der Waals surface area contributed by atoms with Crippen LogP contribution in [0.1, 0.15) is 34.8 Å². The summed E-state index contributed by atoms with van der Waals surface area (Å²) in [5.74, 6) is 1.04. The molecule has 27 heavy (non-hydrogen) atoms. The molecule has 2 aromatic carbocycles. The van der Waals surface area contributed by atoms with Crippen molar-refractivity contribution in [3.05, 3.63) is 65.2 Å². The molecule has 1 aliphatic rings. The minimum Gasteiger partial charge on any atom is -0.489 e. The van der Waals surface area contributed by atoms with Crippen LogP contribution >= 0.6 is 0 Å². The van der Waals surface area contributed by atoms with Crippen molar-refractivity contribution in [1.29, 1.82) is 5.26 Å². The minimum absolute atomic E-state index is 0.00674. The summed E-state index contributed by atoms with van der Waals surface area (Å²) in [6.45, 7) is 5.17. The zero-order valence-electron chi connectivity index (χ0n) is 15.6. The van der Waals surface area contributed by atoms with Crippen molar-refractivity contribution in [2.45, 2.75) is 20.0 Å². The first-order valence-electron chi connectivity index (χ1n) is 9.29. The van der Waals surface area contributed by atoms with Gasteiger partial charge in [-0.15, -0.1) is 0 Å². The summed E-state index contributed by atoms with van der Waals surface area (Å²) in [6, 6.07) is 16.7. The van der Waals surface area contributed by atoms with Crippen LogP contribution in [0.5, 0.6) is 5.75 Å². The molecule has 0 aliphatic carbocycles. The molecule has 0 saturated carbocycles. The molecule has 0 spiro atoms. The summed E-state index contributed by atoms with van der Waals surface area (Å²) in [4.78, 5) is 14.7. The lowest BCUT2D eigenvalue weighted by Gasteiger charge is -2.24. The number of carbonyl (C=O) groups is 1. The van der Waals surface area contributed by atoms with Gasteiger partial charge in [0.15, 0.2) is 0 Å². The highest BCUT2D eigenvalue weighted by molar-refractivity contribution is 5.94. The molecule has 140 valence electrons. The van der Waals surface area contributed by atoms with Crippen LogP contribution in [0, 0.1) is 17.2 Å². The van der Waals surface area contributed by atoms with Gasteiger partial charge < -0.3 is 14.4 Å². The van der Waals surface area contributed by atoms with Crippen molar-refractivity contribution in [3.63, 3.8) is 0 Å². The molecule has 3 rings (SSSR count). The number of nitrogens with zero attached hydrogens (tertiary/aromatic N) is 2. The lowest BCUT2D eigenvalue weighted by Crippen LogP contribution is -2.35. The topological polar surface area (TPSA) is 62.6 Å². The van der Waals surface area contributed by atoms with E-state index in [4.69, 9.17) is 9.47 Å². The van der Waals surface area contributed by atoms with Crippen molar-refractivity contribution in [3.8, 4) is 11.8 Å². The van der Waals surface area contributed by atoms with Crippen LogP contribution in [0.25, 0.3) is 0 Å². The second-order valence-electron chi connectivity index (χ2n) is 6.66. The van der Waals surface area contributed by atoms with Gasteiger partial charge >= 0.3 is 0 Å². The van der Waals surface area contributed by atoms with Gasteiger partial charge in [-0.25, -0.2) is 0 Å². The van der Waals surface area contributed by atoms with E-state index in [1.165, 1.54) is 0 Å². The van der Waals surface area contributed by atoms with Crippen molar-refractivity contribution in [1.82, 2.24) is 4.90 Å². The predicted molar refractivity (Wildman–Crippen MR) is 102 cm³/mol. The summed E-state index contributed by atoms with van der Waals surface area (Å²) < 4.78 is 11.2. The zero-order chi connectivity index (χ0) is 19.1. The lowest BCUT2D eigenvalue weighted by molar-refractivity contribution is 0.0730. The monoisotopic (exact) mass is 364 g/mol. The van der Waals surface area contributed by atoms with Gasteiger partial charge in [0.2, 0.25) is 0 Å². The summed E-state index contributed by atoms with van der Waals surface area (Å²) in [5, 5.41) is 9.17. The van der Waals surface area contributed by atoms with Gasteiger partial charge in [0.25, 0.3) is 5.91 Å². The Balaban J connectivity index is 1.67. The van der Waals surface area contributed by atoms with Crippen molar-refractivity contribution in [2.75, 3.05) is 26.3 Å². The molecule has 1 saturated heterocycles. The van der Waals surface area contributed by atoms with Gasteiger partial charge in [0, 0.05) is 36.7 Å². The van der Waals surface area contributed by atoms with Crippen molar-refractivity contribution < 1.29 is 14.3 Å². The van der Waals surface area contributed by atoms with Gasteiger partial charge in [-0.3, -0.25) is 4.79 Å². The summed E-state index contributed by atoms with van der Waals surface area (Å²) in [5.41, 5.74) is 2.04. The van der Waals surface area contributed by atoms with Crippen LogP contribution in [-0.2, 0) is 11.3 Å². The third-order valence-electron chi connectivity index (χ3n) is 4.78. The molecule has 0 unspecified atom stereocenters. The average molecular weight is 364 g/mol. The van der Waals surface area contributed by atoms with Crippen LogP contribution in [0.15, 0.2) is 48.5 Å². The Hall–Kier alpha value is -2.84. The standard InChI is InChI=1S/C22H24N2O3/c1-2-24(14-17-10-11-26-15-17)22(25)18-8-5-9-21(12-18)27-16-20-7-4-3-6-19(20)13-23/h3-9,12,17H,2,10-11,14-16H2,1H3/t17-/m0/s1. The molecule has 0 N–H and O–H groups in total. The normalized spacial score (nSPS) is 15.9. The fourth-order valence-electron chi connectivity index (χ4n) is 3.21. The Labute approximate surface area is 160 Å². The van der Waals surface area contributed by atoms with Crippen LogP contribution in [0.2, 0.25) is 0 Å².